The first-order valence-electron chi connectivity index (χ1n) is 4.36. The fraction of sp³-hybridized carbons (Fsp3) is 0.667. The van der Waals surface area contributed by atoms with E-state index in [-0.39, 0.29) is 0 Å². The Morgan fingerprint density at radius 2 is 2.27 bits per heavy atom. The second kappa shape index (κ2) is 2.36. The molecule has 0 saturated heterocycles. The topological polar surface area (TPSA) is 28.7 Å². The van der Waals surface area contributed by atoms with E-state index in [9.17, 15) is 0 Å². The molecule has 0 radical (unpaired) electrons. The minimum atomic E-state index is 0.837. The smallest absolute Gasteiger partial charge is 0.0656 e. The third-order valence-corrected chi connectivity index (χ3v) is 2.39. The summed E-state index contributed by atoms with van der Waals surface area (Å²) < 4.78 is 0. The van der Waals surface area contributed by atoms with Gasteiger partial charge in [0.1, 0.15) is 0 Å². The molecule has 1 heterocycles. The molecule has 0 aromatic carbocycles. The first-order chi connectivity index (χ1) is 5.33. The summed E-state index contributed by atoms with van der Waals surface area (Å²) in [6, 6.07) is 0. The van der Waals surface area contributed by atoms with Crippen LogP contribution in [0.25, 0.3) is 0 Å². The molecule has 1 aliphatic carbocycles. The number of H-pyrrole nitrogens is 1. The highest BCUT2D eigenvalue weighted by molar-refractivity contribution is 5.31. The van der Waals surface area contributed by atoms with Gasteiger partial charge >= 0.3 is 0 Å². The van der Waals surface area contributed by atoms with Crippen molar-refractivity contribution in [3.63, 3.8) is 0 Å². The molecule has 2 rings (SSSR count). The molecule has 0 amide bonds. The van der Waals surface area contributed by atoms with Crippen LogP contribution in [-0.2, 0) is 6.42 Å². The zero-order chi connectivity index (χ0) is 7.84. The summed E-state index contributed by atoms with van der Waals surface area (Å²) in [5.74, 6) is 0.837. The van der Waals surface area contributed by atoms with Gasteiger partial charge in [0.15, 0.2) is 0 Å². The van der Waals surface area contributed by atoms with Crippen LogP contribution in [0.1, 0.15) is 42.6 Å². The van der Waals surface area contributed by atoms with Gasteiger partial charge in [0, 0.05) is 5.69 Å². The lowest BCUT2D eigenvalue weighted by Gasteiger charge is -1.96. The van der Waals surface area contributed by atoms with Gasteiger partial charge in [-0.3, -0.25) is 5.10 Å². The standard InChI is InChI=1S/C9H14N2/c1-3-8-9(7-4-5-7)6(2)10-11-8/h7H,3-5H2,1-2H3,(H,10,11). The van der Waals surface area contributed by atoms with Crippen molar-refractivity contribution in [3.8, 4) is 0 Å². The highest BCUT2D eigenvalue weighted by atomic mass is 15.1. The van der Waals surface area contributed by atoms with Gasteiger partial charge < -0.3 is 0 Å². The molecule has 0 aliphatic heterocycles. The van der Waals surface area contributed by atoms with Crippen LogP contribution in [0.4, 0.5) is 0 Å². The zero-order valence-electron chi connectivity index (χ0n) is 7.15. The van der Waals surface area contributed by atoms with E-state index in [4.69, 9.17) is 0 Å². The third-order valence-electron chi connectivity index (χ3n) is 2.39. The van der Waals surface area contributed by atoms with E-state index in [1.165, 1.54) is 29.8 Å². The molecule has 1 saturated carbocycles. The van der Waals surface area contributed by atoms with Crippen LogP contribution in [0.2, 0.25) is 0 Å². The van der Waals surface area contributed by atoms with E-state index >= 15 is 0 Å². The molecule has 1 aromatic rings. The average Bonchev–Trinajstić information content (AvgIpc) is 2.76. The van der Waals surface area contributed by atoms with E-state index in [2.05, 4.69) is 24.0 Å². The van der Waals surface area contributed by atoms with Crippen molar-refractivity contribution in [2.45, 2.75) is 39.0 Å². The SMILES string of the molecule is CCc1n[nH]c(C)c1C1CC1. The lowest BCUT2D eigenvalue weighted by atomic mass is 10.1. The second-order valence-corrected chi connectivity index (χ2v) is 3.34. The molecule has 0 bridgehead atoms. The van der Waals surface area contributed by atoms with Crippen LogP contribution in [0.5, 0.6) is 0 Å². The summed E-state index contributed by atoms with van der Waals surface area (Å²) in [6.45, 7) is 4.29. The molecule has 1 N–H and O–H groups in total. The Hall–Kier alpha value is -0.790. The second-order valence-electron chi connectivity index (χ2n) is 3.34. The number of aromatic amines is 1. The third kappa shape index (κ3) is 1.06. The lowest BCUT2D eigenvalue weighted by molar-refractivity contribution is 0.951. The molecule has 2 nitrogen and oxygen atoms in total. The Morgan fingerprint density at radius 1 is 1.55 bits per heavy atom. The van der Waals surface area contributed by atoms with Crippen molar-refractivity contribution in [2.24, 2.45) is 0 Å². The minimum Gasteiger partial charge on any atom is -0.282 e. The largest absolute Gasteiger partial charge is 0.282 e. The monoisotopic (exact) mass is 150 g/mol. The number of hydrogen-bond donors (Lipinski definition) is 1. The van der Waals surface area contributed by atoms with Crippen LogP contribution in [0.15, 0.2) is 0 Å². The highest BCUT2D eigenvalue weighted by Gasteiger charge is 2.28. The Bertz CT molecular complexity index is 259. The average molecular weight is 150 g/mol. The predicted octanol–water partition coefficient (Wildman–Crippen LogP) is 2.16. The number of aromatic nitrogens is 2. The normalized spacial score (nSPS) is 17.3. The van der Waals surface area contributed by atoms with Crippen LogP contribution in [0, 0.1) is 6.92 Å². The van der Waals surface area contributed by atoms with E-state index in [1.807, 2.05) is 0 Å². The van der Waals surface area contributed by atoms with Crippen molar-refractivity contribution in [3.05, 3.63) is 17.0 Å². The maximum absolute atomic E-state index is 4.27. The van der Waals surface area contributed by atoms with Crippen molar-refractivity contribution in [2.75, 3.05) is 0 Å². The fourth-order valence-electron chi connectivity index (χ4n) is 1.67. The molecule has 0 atom stereocenters. The number of rotatable bonds is 2. The summed E-state index contributed by atoms with van der Waals surface area (Å²) in [4.78, 5) is 0. The molecule has 11 heavy (non-hydrogen) atoms. The predicted molar refractivity (Wildman–Crippen MR) is 44.7 cm³/mol. The Kier molecular flexibility index (Phi) is 1.48. The Labute approximate surface area is 67.0 Å². The molecule has 2 heteroatoms. The van der Waals surface area contributed by atoms with Gasteiger partial charge in [-0.15, -0.1) is 0 Å². The molecule has 0 unspecified atom stereocenters. The van der Waals surface area contributed by atoms with E-state index < -0.39 is 0 Å². The van der Waals surface area contributed by atoms with E-state index in [0.717, 1.165) is 12.3 Å². The van der Waals surface area contributed by atoms with Gasteiger partial charge in [-0.2, -0.15) is 5.10 Å². The van der Waals surface area contributed by atoms with Crippen LogP contribution in [0.3, 0.4) is 0 Å². The fourth-order valence-corrected chi connectivity index (χ4v) is 1.67. The van der Waals surface area contributed by atoms with Crippen molar-refractivity contribution < 1.29 is 0 Å². The maximum Gasteiger partial charge on any atom is 0.0656 e. The van der Waals surface area contributed by atoms with Gasteiger partial charge in [-0.1, -0.05) is 6.92 Å². The molecular weight excluding hydrogens is 136 g/mol. The molecule has 0 spiro atoms. The number of aryl methyl sites for hydroxylation is 2. The Balaban J connectivity index is 2.38. The number of nitrogens with zero attached hydrogens (tertiary/aromatic N) is 1. The maximum atomic E-state index is 4.27. The Morgan fingerprint density at radius 3 is 2.82 bits per heavy atom. The zero-order valence-corrected chi connectivity index (χ0v) is 7.15. The lowest BCUT2D eigenvalue weighted by Crippen LogP contribution is -1.87. The first kappa shape index (κ1) is 6.89. The molecule has 1 fully saturated rings. The quantitative estimate of drug-likeness (QED) is 0.687. The summed E-state index contributed by atoms with van der Waals surface area (Å²) in [5, 5.41) is 7.33. The molecule has 60 valence electrons. The van der Waals surface area contributed by atoms with Gasteiger partial charge in [-0.25, -0.2) is 0 Å². The van der Waals surface area contributed by atoms with Crippen LogP contribution in [-0.4, -0.2) is 10.2 Å². The van der Waals surface area contributed by atoms with Crippen LogP contribution < -0.4 is 0 Å². The summed E-state index contributed by atoms with van der Waals surface area (Å²) in [7, 11) is 0. The molecule has 1 aliphatic rings. The summed E-state index contributed by atoms with van der Waals surface area (Å²) >= 11 is 0. The number of nitrogens with one attached hydrogen (secondary N) is 1. The first-order valence-corrected chi connectivity index (χ1v) is 4.36. The summed E-state index contributed by atoms with van der Waals surface area (Å²) in [5.41, 5.74) is 4.07. The highest BCUT2D eigenvalue weighted by Crippen LogP contribution is 2.42. The number of hydrogen-bond acceptors (Lipinski definition) is 1. The van der Waals surface area contributed by atoms with Crippen molar-refractivity contribution >= 4 is 0 Å². The molecule has 1 aromatic heterocycles. The van der Waals surface area contributed by atoms with Gasteiger partial charge in [0.25, 0.3) is 0 Å². The van der Waals surface area contributed by atoms with Gasteiger partial charge in [0.2, 0.25) is 0 Å². The minimum absolute atomic E-state index is 0.837. The van der Waals surface area contributed by atoms with Crippen molar-refractivity contribution in [1.29, 1.82) is 0 Å². The molecular formula is C9H14N2. The van der Waals surface area contributed by atoms with Gasteiger partial charge in [0.05, 0.1) is 5.69 Å². The van der Waals surface area contributed by atoms with E-state index in [0.29, 0.717) is 0 Å². The van der Waals surface area contributed by atoms with E-state index in [1.54, 1.807) is 0 Å². The summed E-state index contributed by atoms with van der Waals surface area (Å²) in [6.07, 6.45) is 3.80. The van der Waals surface area contributed by atoms with Crippen molar-refractivity contribution in [1.82, 2.24) is 10.2 Å². The van der Waals surface area contributed by atoms with Gasteiger partial charge in [-0.05, 0) is 37.7 Å². The van der Waals surface area contributed by atoms with Crippen LogP contribution >= 0.6 is 0 Å².